The molecule has 4 N–H and O–H groups in total. The van der Waals surface area contributed by atoms with Crippen molar-refractivity contribution in [2.75, 3.05) is 7.05 Å². The summed E-state index contributed by atoms with van der Waals surface area (Å²) >= 11 is 5.76. The summed E-state index contributed by atoms with van der Waals surface area (Å²) in [4.78, 5) is 10.5. The average Bonchev–Trinajstić information content (AvgIpc) is 3.27. The molecule has 1 aromatic rings. The lowest BCUT2D eigenvalue weighted by molar-refractivity contribution is 0.112. The van der Waals surface area contributed by atoms with Gasteiger partial charge in [0.1, 0.15) is 5.82 Å². The largest absolute Gasteiger partial charge is 0.404 e. The maximum absolute atomic E-state index is 13.1. The third-order valence-corrected chi connectivity index (χ3v) is 3.16. The van der Waals surface area contributed by atoms with Crippen LogP contribution in [0.3, 0.4) is 0 Å². The van der Waals surface area contributed by atoms with Crippen molar-refractivity contribution in [3.05, 3.63) is 40.3 Å². The van der Waals surface area contributed by atoms with Crippen molar-refractivity contribution in [2.24, 2.45) is 5.73 Å². The van der Waals surface area contributed by atoms with Crippen molar-refractivity contribution in [1.82, 2.24) is 5.32 Å². The van der Waals surface area contributed by atoms with Crippen molar-refractivity contribution in [1.29, 1.82) is 5.41 Å². The molecule has 1 saturated carbocycles. The van der Waals surface area contributed by atoms with Gasteiger partial charge in [-0.25, -0.2) is 4.39 Å². The first-order valence-corrected chi connectivity index (χ1v) is 6.49. The molecule has 1 aliphatic rings. The van der Waals surface area contributed by atoms with E-state index in [-0.39, 0.29) is 10.6 Å². The highest BCUT2D eigenvalue weighted by atomic mass is 35.5. The molecule has 108 valence electrons. The average molecular weight is 298 g/mol. The van der Waals surface area contributed by atoms with Crippen molar-refractivity contribution in [2.45, 2.75) is 18.9 Å². The number of benzene rings is 1. The number of nitrogens with two attached hydrogens (primary N) is 1. The summed E-state index contributed by atoms with van der Waals surface area (Å²) in [6, 6.07) is 3.16. The molecule has 0 spiro atoms. The normalized spacial score (nSPS) is 14.2. The van der Waals surface area contributed by atoms with Crippen LogP contribution in [0.4, 0.5) is 4.39 Å². The number of halogens is 2. The van der Waals surface area contributed by atoms with Crippen molar-refractivity contribution in [3.8, 4) is 0 Å². The SMILES string of the molecule is CNC1CC1.N=C/C(=C\N)c1cc(C=O)c(F)cc1Cl. The van der Waals surface area contributed by atoms with Crippen LogP contribution < -0.4 is 11.1 Å². The molecular weight excluding hydrogens is 281 g/mol. The minimum Gasteiger partial charge on any atom is -0.404 e. The Morgan fingerprint density at radius 3 is 2.55 bits per heavy atom. The van der Waals surface area contributed by atoms with Gasteiger partial charge in [0.2, 0.25) is 0 Å². The van der Waals surface area contributed by atoms with Gasteiger partial charge in [-0.3, -0.25) is 4.79 Å². The molecule has 0 radical (unpaired) electrons. The summed E-state index contributed by atoms with van der Waals surface area (Å²) in [6.45, 7) is 0. The summed E-state index contributed by atoms with van der Waals surface area (Å²) in [5.74, 6) is -0.694. The first-order valence-electron chi connectivity index (χ1n) is 6.11. The highest BCUT2D eigenvalue weighted by molar-refractivity contribution is 6.33. The van der Waals surface area contributed by atoms with Crippen LogP contribution in [-0.4, -0.2) is 25.6 Å². The highest BCUT2D eigenvalue weighted by Gasteiger charge is 2.17. The fraction of sp³-hybridized carbons (Fsp3) is 0.286. The van der Waals surface area contributed by atoms with Gasteiger partial charge in [0.15, 0.2) is 6.29 Å². The quantitative estimate of drug-likeness (QED) is 0.590. The smallest absolute Gasteiger partial charge is 0.153 e. The van der Waals surface area contributed by atoms with Crippen LogP contribution in [0, 0.1) is 11.2 Å². The molecule has 0 heterocycles. The molecule has 0 aromatic heterocycles. The molecule has 1 fully saturated rings. The molecule has 6 heteroatoms. The third kappa shape index (κ3) is 4.43. The predicted octanol–water partition coefficient (Wildman–Crippen LogP) is 2.61. The van der Waals surface area contributed by atoms with Crippen LogP contribution in [0.1, 0.15) is 28.8 Å². The topological polar surface area (TPSA) is 79.0 Å². The zero-order chi connectivity index (χ0) is 15.1. The fourth-order valence-electron chi connectivity index (χ4n) is 1.46. The van der Waals surface area contributed by atoms with Crippen molar-refractivity contribution >= 4 is 29.7 Å². The first kappa shape index (κ1) is 16.3. The number of carbonyl (C=O) groups excluding carboxylic acids is 1. The van der Waals surface area contributed by atoms with E-state index in [9.17, 15) is 9.18 Å². The Morgan fingerprint density at radius 1 is 1.55 bits per heavy atom. The number of nitrogens with one attached hydrogen (secondary N) is 2. The Labute approximate surface area is 122 Å². The lowest BCUT2D eigenvalue weighted by Crippen LogP contribution is -2.06. The molecule has 0 aliphatic heterocycles. The van der Waals surface area contributed by atoms with Gasteiger partial charge in [-0.2, -0.15) is 0 Å². The number of rotatable bonds is 4. The Balaban J connectivity index is 0.000000333. The molecule has 0 unspecified atom stereocenters. The van der Waals surface area contributed by atoms with Crippen LogP contribution in [0.25, 0.3) is 5.57 Å². The summed E-state index contributed by atoms with van der Waals surface area (Å²) < 4.78 is 13.1. The van der Waals surface area contributed by atoms with E-state index in [1.165, 1.54) is 25.1 Å². The summed E-state index contributed by atoms with van der Waals surface area (Å²) in [5.41, 5.74) is 5.83. The molecule has 2 rings (SSSR count). The lowest BCUT2D eigenvalue weighted by atomic mass is 10.0. The van der Waals surface area contributed by atoms with Crippen LogP contribution in [0.5, 0.6) is 0 Å². The van der Waals surface area contributed by atoms with Crippen LogP contribution in [-0.2, 0) is 0 Å². The van der Waals surface area contributed by atoms with Gasteiger partial charge < -0.3 is 16.5 Å². The molecule has 1 aliphatic carbocycles. The van der Waals surface area contributed by atoms with Crippen molar-refractivity contribution < 1.29 is 9.18 Å². The van der Waals surface area contributed by atoms with E-state index >= 15 is 0 Å². The number of carbonyl (C=O) groups is 1. The van der Waals surface area contributed by atoms with E-state index in [0.717, 1.165) is 18.3 Å². The fourth-order valence-corrected chi connectivity index (χ4v) is 1.72. The molecule has 4 nitrogen and oxygen atoms in total. The van der Waals surface area contributed by atoms with E-state index in [2.05, 4.69) is 5.32 Å². The summed E-state index contributed by atoms with van der Waals surface area (Å²) in [6.07, 6.45) is 5.33. The van der Waals surface area contributed by atoms with Crippen LogP contribution in [0.15, 0.2) is 18.3 Å². The van der Waals surface area contributed by atoms with Gasteiger partial charge in [0, 0.05) is 29.6 Å². The van der Waals surface area contributed by atoms with E-state index in [1.54, 1.807) is 0 Å². The number of aldehydes is 1. The second kappa shape index (κ2) is 7.77. The maximum atomic E-state index is 13.1. The first-order chi connectivity index (χ1) is 9.57. The number of hydrogen-bond acceptors (Lipinski definition) is 4. The molecule has 0 amide bonds. The van der Waals surface area contributed by atoms with Gasteiger partial charge in [-0.1, -0.05) is 11.6 Å². The molecule has 0 atom stereocenters. The number of hydrogen-bond donors (Lipinski definition) is 3. The van der Waals surface area contributed by atoms with Crippen molar-refractivity contribution in [3.63, 3.8) is 0 Å². The van der Waals surface area contributed by atoms with Crippen LogP contribution >= 0.6 is 11.6 Å². The van der Waals surface area contributed by atoms with Gasteiger partial charge in [-0.15, -0.1) is 0 Å². The molecule has 20 heavy (non-hydrogen) atoms. The molecule has 0 bridgehead atoms. The zero-order valence-electron chi connectivity index (χ0n) is 11.1. The van der Waals surface area contributed by atoms with Crippen LogP contribution in [0.2, 0.25) is 5.02 Å². The van der Waals surface area contributed by atoms with E-state index in [4.69, 9.17) is 22.7 Å². The predicted molar refractivity (Wildman–Crippen MR) is 79.8 cm³/mol. The van der Waals surface area contributed by atoms with E-state index in [0.29, 0.717) is 17.4 Å². The molecular formula is C14H17ClFN3O. The molecule has 0 saturated heterocycles. The minimum absolute atomic E-state index is 0.110. The second-order valence-electron chi connectivity index (χ2n) is 4.30. The standard InChI is InChI=1S/C10H8ClFN2O.C4H9N/c11-9-2-10(12)6(5-15)1-8(9)7(3-13)4-14;1-5-4-2-3-4/h1-5,13H,14H2;4-5H,2-3H2,1H3/b7-4+,13-3?;. The van der Waals surface area contributed by atoms with E-state index in [1.807, 2.05) is 7.05 Å². The minimum atomic E-state index is -0.694. The van der Waals surface area contributed by atoms with Gasteiger partial charge in [0.05, 0.1) is 10.6 Å². The third-order valence-electron chi connectivity index (χ3n) is 2.84. The van der Waals surface area contributed by atoms with Gasteiger partial charge >= 0.3 is 0 Å². The Bertz CT molecular complexity index is 527. The summed E-state index contributed by atoms with van der Waals surface area (Å²) in [5, 5.41) is 10.3. The van der Waals surface area contributed by atoms with Gasteiger partial charge in [-0.05, 0) is 32.0 Å². The second-order valence-corrected chi connectivity index (χ2v) is 4.71. The Kier molecular flexibility index (Phi) is 6.35. The Hall–Kier alpha value is -1.72. The Morgan fingerprint density at radius 2 is 2.20 bits per heavy atom. The lowest BCUT2D eigenvalue weighted by Gasteiger charge is -2.05. The monoisotopic (exact) mass is 297 g/mol. The maximum Gasteiger partial charge on any atom is 0.153 e. The number of allylic oxidation sites excluding steroid dienone is 1. The van der Waals surface area contributed by atoms with E-state index < -0.39 is 5.82 Å². The van der Waals surface area contributed by atoms with Gasteiger partial charge in [0.25, 0.3) is 0 Å². The highest BCUT2D eigenvalue weighted by Crippen LogP contribution is 2.25. The zero-order valence-corrected chi connectivity index (χ0v) is 11.9. The molecule has 1 aromatic carbocycles. The summed E-state index contributed by atoms with van der Waals surface area (Å²) in [7, 11) is 2.01.